The van der Waals surface area contributed by atoms with Gasteiger partial charge >= 0.3 is 6.03 Å². The van der Waals surface area contributed by atoms with E-state index in [4.69, 9.17) is 9.47 Å². The van der Waals surface area contributed by atoms with Crippen LogP contribution in [0.3, 0.4) is 0 Å². The fourth-order valence-electron chi connectivity index (χ4n) is 2.41. The number of carbonyl (C=O) groups is 1. The van der Waals surface area contributed by atoms with Crippen LogP contribution in [-0.2, 0) is 13.1 Å². The van der Waals surface area contributed by atoms with E-state index < -0.39 is 0 Å². The summed E-state index contributed by atoms with van der Waals surface area (Å²) in [6.45, 7) is 3.88. The van der Waals surface area contributed by atoms with Crippen molar-refractivity contribution in [2.24, 2.45) is 0 Å². The normalized spacial score (nSPS) is 10.3. The third-order valence-electron chi connectivity index (χ3n) is 3.63. The molecule has 0 fully saturated rings. The first-order chi connectivity index (χ1) is 11.7. The number of rotatable bonds is 8. The van der Waals surface area contributed by atoms with E-state index in [-0.39, 0.29) is 6.03 Å². The predicted octanol–water partition coefficient (Wildman–Crippen LogP) is 3.89. The molecule has 2 amide bonds. The van der Waals surface area contributed by atoms with Gasteiger partial charge < -0.3 is 19.7 Å². The van der Waals surface area contributed by atoms with Crippen molar-refractivity contribution in [3.05, 3.63) is 46.2 Å². The number of nitrogens with one attached hydrogen (secondary N) is 1. The van der Waals surface area contributed by atoms with Crippen molar-refractivity contribution in [1.29, 1.82) is 0 Å². The zero-order valence-corrected chi connectivity index (χ0v) is 15.2. The Kier molecular flexibility index (Phi) is 6.93. The molecule has 0 aliphatic heterocycles. The topological polar surface area (TPSA) is 50.8 Å². The maximum absolute atomic E-state index is 12.5. The second kappa shape index (κ2) is 9.17. The van der Waals surface area contributed by atoms with Crippen LogP contribution in [0, 0.1) is 0 Å². The van der Waals surface area contributed by atoms with Crippen molar-refractivity contribution < 1.29 is 14.3 Å². The van der Waals surface area contributed by atoms with Crippen molar-refractivity contribution in [3.8, 4) is 11.5 Å². The molecular formula is C18H24N2O3S. The molecule has 0 atom stereocenters. The minimum absolute atomic E-state index is 0.0576. The van der Waals surface area contributed by atoms with Gasteiger partial charge in [0.25, 0.3) is 0 Å². The lowest BCUT2D eigenvalue weighted by Crippen LogP contribution is -2.39. The first kappa shape index (κ1) is 18.1. The average molecular weight is 348 g/mol. The summed E-state index contributed by atoms with van der Waals surface area (Å²) >= 11 is 1.65. The molecule has 0 saturated heterocycles. The molecule has 0 radical (unpaired) electrons. The van der Waals surface area contributed by atoms with Gasteiger partial charge in [-0.05, 0) is 46.5 Å². The standard InChI is InChI=1S/C18H24N2O3S/c1-4-8-20(12-15-7-9-24-13-15)18(21)19-11-14-5-6-16(22-2)17(10-14)23-3/h5-7,9-10,13H,4,8,11-12H2,1-3H3,(H,19,21). The summed E-state index contributed by atoms with van der Waals surface area (Å²) in [6, 6.07) is 7.63. The number of ether oxygens (including phenoxy) is 2. The fraction of sp³-hybridized carbons (Fsp3) is 0.389. The molecule has 1 aromatic heterocycles. The zero-order chi connectivity index (χ0) is 17.4. The molecule has 1 N–H and O–H groups in total. The Labute approximate surface area is 147 Å². The lowest BCUT2D eigenvalue weighted by molar-refractivity contribution is 0.194. The summed E-state index contributed by atoms with van der Waals surface area (Å²) in [6.07, 6.45) is 0.925. The van der Waals surface area contributed by atoms with E-state index in [0.717, 1.165) is 24.1 Å². The summed E-state index contributed by atoms with van der Waals surface area (Å²) in [5.41, 5.74) is 2.13. The Morgan fingerprint density at radius 3 is 2.58 bits per heavy atom. The maximum Gasteiger partial charge on any atom is 0.317 e. The molecule has 2 aromatic rings. The third kappa shape index (κ3) is 4.89. The Morgan fingerprint density at radius 1 is 1.17 bits per heavy atom. The first-order valence-electron chi connectivity index (χ1n) is 7.92. The van der Waals surface area contributed by atoms with Crippen molar-refractivity contribution in [1.82, 2.24) is 10.2 Å². The van der Waals surface area contributed by atoms with E-state index in [1.165, 1.54) is 0 Å². The first-order valence-corrected chi connectivity index (χ1v) is 8.87. The molecule has 0 bridgehead atoms. The van der Waals surface area contributed by atoms with E-state index >= 15 is 0 Å². The number of hydrogen-bond acceptors (Lipinski definition) is 4. The number of nitrogens with zero attached hydrogens (tertiary/aromatic N) is 1. The largest absolute Gasteiger partial charge is 0.493 e. The molecule has 2 rings (SSSR count). The van der Waals surface area contributed by atoms with Gasteiger partial charge in [-0.1, -0.05) is 13.0 Å². The van der Waals surface area contributed by atoms with Crippen LogP contribution < -0.4 is 14.8 Å². The Morgan fingerprint density at radius 2 is 1.96 bits per heavy atom. The molecule has 0 unspecified atom stereocenters. The van der Waals surface area contributed by atoms with Gasteiger partial charge in [0.05, 0.1) is 14.2 Å². The highest BCUT2D eigenvalue weighted by Crippen LogP contribution is 2.27. The van der Waals surface area contributed by atoms with Gasteiger partial charge in [0.15, 0.2) is 11.5 Å². The van der Waals surface area contributed by atoms with Gasteiger partial charge in [-0.15, -0.1) is 0 Å². The number of urea groups is 1. The molecule has 0 aliphatic carbocycles. The van der Waals surface area contributed by atoms with E-state index in [2.05, 4.69) is 23.7 Å². The number of hydrogen-bond donors (Lipinski definition) is 1. The van der Waals surface area contributed by atoms with Crippen molar-refractivity contribution in [2.75, 3.05) is 20.8 Å². The molecule has 5 nitrogen and oxygen atoms in total. The van der Waals surface area contributed by atoms with Crippen molar-refractivity contribution in [2.45, 2.75) is 26.4 Å². The van der Waals surface area contributed by atoms with Crippen LogP contribution in [0.25, 0.3) is 0 Å². The second-order valence-electron chi connectivity index (χ2n) is 5.40. The lowest BCUT2D eigenvalue weighted by Gasteiger charge is -2.22. The van der Waals surface area contributed by atoms with Gasteiger partial charge in [-0.3, -0.25) is 0 Å². The van der Waals surface area contributed by atoms with Gasteiger partial charge in [0.2, 0.25) is 0 Å². The molecule has 1 heterocycles. The molecule has 1 aromatic carbocycles. The minimum Gasteiger partial charge on any atom is -0.493 e. The molecule has 0 aliphatic rings. The molecule has 6 heteroatoms. The number of carbonyl (C=O) groups excluding carboxylic acids is 1. The molecule has 130 valence electrons. The van der Waals surface area contributed by atoms with Crippen molar-refractivity contribution in [3.63, 3.8) is 0 Å². The maximum atomic E-state index is 12.5. The van der Waals surface area contributed by atoms with E-state index in [1.54, 1.807) is 25.6 Å². The van der Waals surface area contributed by atoms with Crippen LogP contribution in [0.4, 0.5) is 4.79 Å². The smallest absolute Gasteiger partial charge is 0.317 e. The van der Waals surface area contributed by atoms with Crippen LogP contribution in [0.15, 0.2) is 35.0 Å². The van der Waals surface area contributed by atoms with Crippen LogP contribution in [0.2, 0.25) is 0 Å². The quantitative estimate of drug-likeness (QED) is 0.787. The summed E-state index contributed by atoms with van der Waals surface area (Å²) in [5, 5.41) is 7.08. The van der Waals surface area contributed by atoms with Crippen LogP contribution in [0.5, 0.6) is 11.5 Å². The van der Waals surface area contributed by atoms with Crippen LogP contribution in [0.1, 0.15) is 24.5 Å². The number of benzene rings is 1. The van der Waals surface area contributed by atoms with E-state index in [0.29, 0.717) is 24.6 Å². The highest BCUT2D eigenvalue weighted by atomic mass is 32.1. The fourth-order valence-corrected chi connectivity index (χ4v) is 3.07. The lowest BCUT2D eigenvalue weighted by atomic mass is 10.2. The Bertz CT molecular complexity index is 644. The second-order valence-corrected chi connectivity index (χ2v) is 6.18. The van der Waals surface area contributed by atoms with E-state index in [9.17, 15) is 4.79 Å². The summed E-state index contributed by atoms with van der Waals surface area (Å²) in [7, 11) is 3.20. The van der Waals surface area contributed by atoms with E-state index in [1.807, 2.05) is 28.5 Å². The number of amides is 2. The molecule has 24 heavy (non-hydrogen) atoms. The molecule has 0 saturated carbocycles. The molecular weight excluding hydrogens is 324 g/mol. The minimum atomic E-state index is -0.0576. The van der Waals surface area contributed by atoms with Gasteiger partial charge in [-0.2, -0.15) is 11.3 Å². The summed E-state index contributed by atoms with van der Waals surface area (Å²) in [5.74, 6) is 1.34. The number of methoxy groups -OCH3 is 2. The average Bonchev–Trinajstić information content (AvgIpc) is 3.12. The van der Waals surface area contributed by atoms with Gasteiger partial charge in [-0.25, -0.2) is 4.79 Å². The number of thiophene rings is 1. The van der Waals surface area contributed by atoms with Crippen molar-refractivity contribution >= 4 is 17.4 Å². The highest BCUT2D eigenvalue weighted by Gasteiger charge is 2.13. The van der Waals surface area contributed by atoms with Crippen LogP contribution in [-0.4, -0.2) is 31.7 Å². The SMILES string of the molecule is CCCN(Cc1ccsc1)C(=O)NCc1ccc(OC)c(OC)c1. The summed E-state index contributed by atoms with van der Waals surface area (Å²) < 4.78 is 10.5. The Hall–Kier alpha value is -2.21. The van der Waals surface area contributed by atoms with Crippen LogP contribution >= 0.6 is 11.3 Å². The zero-order valence-electron chi connectivity index (χ0n) is 14.4. The predicted molar refractivity (Wildman–Crippen MR) is 96.8 cm³/mol. The van der Waals surface area contributed by atoms with Gasteiger partial charge in [0, 0.05) is 19.6 Å². The highest BCUT2D eigenvalue weighted by molar-refractivity contribution is 7.07. The monoisotopic (exact) mass is 348 g/mol. The Balaban J connectivity index is 1.97. The summed E-state index contributed by atoms with van der Waals surface area (Å²) in [4.78, 5) is 14.3. The van der Waals surface area contributed by atoms with Gasteiger partial charge in [0.1, 0.15) is 0 Å². The third-order valence-corrected chi connectivity index (χ3v) is 4.36. The molecule has 0 spiro atoms.